The number of aryl methyl sites for hydroxylation is 1. The van der Waals surface area contributed by atoms with E-state index in [1.165, 1.54) is 11.3 Å². The molecular weight excluding hydrogens is 422 g/mol. The topological polar surface area (TPSA) is 95.0 Å². The Labute approximate surface area is 181 Å². The lowest BCUT2D eigenvalue weighted by atomic mass is 10.1. The first-order valence-corrected chi connectivity index (χ1v) is 10.7. The van der Waals surface area contributed by atoms with Crippen LogP contribution in [-0.4, -0.2) is 55.3 Å². The van der Waals surface area contributed by atoms with E-state index in [-0.39, 0.29) is 5.91 Å². The van der Waals surface area contributed by atoms with E-state index >= 15 is 0 Å². The van der Waals surface area contributed by atoms with Crippen LogP contribution in [0, 0.1) is 6.92 Å². The number of benzene rings is 1. The summed E-state index contributed by atoms with van der Waals surface area (Å²) in [6.45, 7) is 2.84. The molecule has 1 saturated heterocycles. The van der Waals surface area contributed by atoms with Gasteiger partial charge in [0.2, 0.25) is 0 Å². The number of aromatic amines is 1. The Hall–Kier alpha value is -2.81. The maximum atomic E-state index is 13.2. The number of hydrogen-bond donors (Lipinski definition) is 2. The number of halogens is 1. The summed E-state index contributed by atoms with van der Waals surface area (Å²) in [6, 6.07) is 9.51. The fourth-order valence-electron chi connectivity index (χ4n) is 3.70. The van der Waals surface area contributed by atoms with E-state index in [0.29, 0.717) is 45.9 Å². The van der Waals surface area contributed by atoms with Crippen molar-refractivity contribution in [2.24, 2.45) is 0 Å². The van der Waals surface area contributed by atoms with Crippen molar-refractivity contribution >= 4 is 39.7 Å². The van der Waals surface area contributed by atoms with Gasteiger partial charge in [-0.25, -0.2) is 9.97 Å². The number of thiazole rings is 1. The number of nitrogens with one attached hydrogen (secondary N) is 1. The number of para-hydroxylation sites is 1. The number of hydrogen-bond acceptors (Lipinski definition) is 6. The number of pyridine rings is 1. The lowest BCUT2D eigenvalue weighted by Gasteiger charge is -2.14. The molecule has 0 aliphatic carbocycles. The third kappa shape index (κ3) is 3.27. The Balaban J connectivity index is 1.65. The van der Waals surface area contributed by atoms with Gasteiger partial charge >= 0.3 is 0 Å². The van der Waals surface area contributed by atoms with E-state index in [1.807, 2.05) is 31.2 Å². The quantitative estimate of drug-likeness (QED) is 0.472. The first kappa shape index (κ1) is 19.2. The van der Waals surface area contributed by atoms with Crippen LogP contribution < -0.4 is 0 Å². The van der Waals surface area contributed by atoms with Gasteiger partial charge in [0.05, 0.1) is 16.5 Å². The number of aromatic nitrogens is 4. The third-order valence-corrected chi connectivity index (χ3v) is 6.61. The van der Waals surface area contributed by atoms with Gasteiger partial charge in [-0.2, -0.15) is 5.10 Å². The van der Waals surface area contributed by atoms with Crippen LogP contribution in [0.4, 0.5) is 0 Å². The summed E-state index contributed by atoms with van der Waals surface area (Å²) >= 11 is 7.35. The van der Waals surface area contributed by atoms with Crippen LogP contribution in [0.5, 0.6) is 0 Å². The number of nitrogens with zero attached hydrogens (tertiary/aromatic N) is 4. The van der Waals surface area contributed by atoms with Crippen molar-refractivity contribution in [3.63, 3.8) is 0 Å². The summed E-state index contributed by atoms with van der Waals surface area (Å²) in [5, 5.41) is 19.4. The first-order chi connectivity index (χ1) is 14.5. The Morgan fingerprint density at radius 1 is 1.33 bits per heavy atom. The Bertz CT molecular complexity index is 1250. The third-order valence-electron chi connectivity index (χ3n) is 5.28. The van der Waals surface area contributed by atoms with E-state index in [2.05, 4.69) is 15.2 Å². The van der Waals surface area contributed by atoms with Gasteiger partial charge in [0, 0.05) is 30.2 Å². The smallest absolute Gasteiger partial charge is 0.274 e. The molecule has 4 heterocycles. The fraction of sp³-hybridized carbons (Fsp3) is 0.238. The molecule has 7 nitrogen and oxygen atoms in total. The average Bonchev–Trinajstić information content (AvgIpc) is 3.46. The van der Waals surface area contributed by atoms with Crippen LogP contribution in [0.15, 0.2) is 36.5 Å². The number of H-pyrrole nitrogens is 1. The molecular formula is C21H18ClN5O2S. The minimum atomic E-state index is -0.494. The summed E-state index contributed by atoms with van der Waals surface area (Å²) in [5.74, 6) is -0.199. The van der Waals surface area contributed by atoms with E-state index in [0.717, 1.165) is 22.0 Å². The monoisotopic (exact) mass is 439 g/mol. The summed E-state index contributed by atoms with van der Waals surface area (Å²) < 4.78 is 0. The predicted molar refractivity (Wildman–Crippen MR) is 117 cm³/mol. The van der Waals surface area contributed by atoms with Gasteiger partial charge in [-0.05, 0) is 31.0 Å². The molecule has 2 N–H and O–H groups in total. The first-order valence-electron chi connectivity index (χ1n) is 9.55. The van der Waals surface area contributed by atoms with Crippen molar-refractivity contribution in [2.75, 3.05) is 13.1 Å². The van der Waals surface area contributed by atoms with E-state index in [4.69, 9.17) is 16.6 Å². The summed E-state index contributed by atoms with van der Waals surface area (Å²) in [7, 11) is 0. The number of carbonyl (C=O) groups is 1. The van der Waals surface area contributed by atoms with Crippen molar-refractivity contribution in [1.82, 2.24) is 25.1 Å². The van der Waals surface area contributed by atoms with Crippen molar-refractivity contribution in [3.05, 3.63) is 52.9 Å². The molecule has 152 valence electrons. The normalized spacial score (nSPS) is 16.5. The highest BCUT2D eigenvalue weighted by Gasteiger charge is 2.30. The molecule has 1 aliphatic heterocycles. The zero-order valence-electron chi connectivity index (χ0n) is 16.1. The fourth-order valence-corrected chi connectivity index (χ4v) is 4.86. The highest BCUT2D eigenvalue weighted by Crippen LogP contribution is 2.38. The maximum Gasteiger partial charge on any atom is 0.274 e. The van der Waals surface area contributed by atoms with Gasteiger partial charge in [0.1, 0.15) is 21.5 Å². The standard InChI is InChI=1S/C21H18ClN5O2S/c1-11-3-2-4-14-16(11)25-26-17(14)20-24-18(21(29)27-8-7-13(28)10-27)19(30-20)12-5-6-15(22)23-9-12/h2-6,9,13,28H,7-8,10H2,1H3,(H,25,26). The van der Waals surface area contributed by atoms with Crippen LogP contribution in [0.1, 0.15) is 22.5 Å². The summed E-state index contributed by atoms with van der Waals surface area (Å²) in [5.41, 5.74) is 3.86. The van der Waals surface area contributed by atoms with Crippen LogP contribution in [0.25, 0.3) is 32.0 Å². The maximum absolute atomic E-state index is 13.2. The molecule has 1 aliphatic rings. The molecule has 0 radical (unpaired) electrons. The SMILES string of the molecule is Cc1cccc2c(-c3nc(C(=O)N4CCC(O)C4)c(-c4ccc(Cl)nc4)s3)n[nH]c12. The highest BCUT2D eigenvalue weighted by atomic mass is 35.5. The molecule has 9 heteroatoms. The largest absolute Gasteiger partial charge is 0.391 e. The van der Waals surface area contributed by atoms with E-state index < -0.39 is 6.10 Å². The minimum Gasteiger partial charge on any atom is -0.391 e. The van der Waals surface area contributed by atoms with Crippen molar-refractivity contribution in [1.29, 1.82) is 0 Å². The molecule has 5 rings (SSSR count). The molecule has 30 heavy (non-hydrogen) atoms. The van der Waals surface area contributed by atoms with Gasteiger partial charge in [-0.1, -0.05) is 29.8 Å². The number of fused-ring (bicyclic) bond motifs is 1. The molecule has 1 atom stereocenters. The lowest BCUT2D eigenvalue weighted by molar-refractivity contribution is 0.0761. The minimum absolute atomic E-state index is 0.199. The lowest BCUT2D eigenvalue weighted by Crippen LogP contribution is -2.30. The number of rotatable bonds is 3. The number of likely N-dealkylation sites (tertiary alicyclic amines) is 1. The number of aliphatic hydroxyl groups excluding tert-OH is 1. The Morgan fingerprint density at radius 2 is 2.20 bits per heavy atom. The number of aliphatic hydroxyl groups is 1. The molecule has 1 amide bonds. The second-order valence-corrected chi connectivity index (χ2v) is 8.72. The molecule has 1 aromatic carbocycles. The second-order valence-electron chi connectivity index (χ2n) is 7.33. The van der Waals surface area contributed by atoms with Crippen LogP contribution in [0.2, 0.25) is 5.15 Å². The summed E-state index contributed by atoms with van der Waals surface area (Å²) in [4.78, 5) is 24.5. The van der Waals surface area contributed by atoms with Crippen LogP contribution >= 0.6 is 22.9 Å². The molecule has 0 spiro atoms. The molecule has 4 aromatic rings. The zero-order chi connectivity index (χ0) is 20.8. The van der Waals surface area contributed by atoms with Crippen molar-refractivity contribution in [3.8, 4) is 21.1 Å². The Kier molecular flexibility index (Phi) is 4.77. The molecule has 1 unspecified atom stereocenters. The molecule has 0 bridgehead atoms. The molecule has 3 aromatic heterocycles. The van der Waals surface area contributed by atoms with E-state index in [1.54, 1.807) is 17.2 Å². The van der Waals surface area contributed by atoms with Crippen LogP contribution in [-0.2, 0) is 0 Å². The van der Waals surface area contributed by atoms with Gasteiger partial charge in [0.25, 0.3) is 5.91 Å². The highest BCUT2D eigenvalue weighted by molar-refractivity contribution is 7.18. The Morgan fingerprint density at radius 3 is 2.93 bits per heavy atom. The zero-order valence-corrected chi connectivity index (χ0v) is 17.7. The second kappa shape index (κ2) is 7.46. The molecule has 1 fully saturated rings. The molecule has 0 saturated carbocycles. The number of carbonyl (C=O) groups excluding carboxylic acids is 1. The van der Waals surface area contributed by atoms with Crippen molar-refractivity contribution in [2.45, 2.75) is 19.4 Å². The van der Waals surface area contributed by atoms with Gasteiger partial charge < -0.3 is 10.0 Å². The van der Waals surface area contributed by atoms with Gasteiger partial charge in [-0.3, -0.25) is 9.89 Å². The van der Waals surface area contributed by atoms with Gasteiger partial charge in [-0.15, -0.1) is 11.3 Å². The van der Waals surface area contributed by atoms with Crippen LogP contribution in [0.3, 0.4) is 0 Å². The number of amides is 1. The number of β-amino-alcohol motifs (C(OH)–C–C–N with tert-alkyl or cyclic N) is 1. The average molecular weight is 440 g/mol. The van der Waals surface area contributed by atoms with Gasteiger partial charge in [0.15, 0.2) is 0 Å². The van der Waals surface area contributed by atoms with Crippen molar-refractivity contribution < 1.29 is 9.90 Å². The van der Waals surface area contributed by atoms with E-state index in [9.17, 15) is 9.90 Å². The summed E-state index contributed by atoms with van der Waals surface area (Å²) in [6.07, 6.45) is 1.72. The predicted octanol–water partition coefficient (Wildman–Crippen LogP) is 3.92.